The van der Waals surface area contributed by atoms with Crippen molar-refractivity contribution in [2.45, 2.75) is 65.0 Å². The Kier molecular flexibility index (Phi) is 4.00. The highest BCUT2D eigenvalue weighted by Gasteiger charge is 2.24. The van der Waals surface area contributed by atoms with Crippen LogP contribution in [0.3, 0.4) is 0 Å². The molecule has 3 nitrogen and oxygen atoms in total. The molecule has 1 rings (SSSR count). The Hall–Kier alpha value is -0.730. The zero-order valence-electron chi connectivity index (χ0n) is 10.3. The molecular weight excluding hydrogens is 190 g/mol. The molecule has 0 saturated heterocycles. The molecule has 1 amide bonds. The van der Waals surface area contributed by atoms with Crippen LogP contribution in [0, 0.1) is 5.92 Å². The Bertz CT molecular complexity index is 214. The molecule has 0 aromatic carbocycles. The van der Waals surface area contributed by atoms with E-state index in [1.54, 1.807) is 0 Å². The summed E-state index contributed by atoms with van der Waals surface area (Å²) in [5.74, 6) is 0.637. The average molecular weight is 213 g/mol. The number of carbonyl (C=O) groups excluding carboxylic acids is 1. The Labute approximate surface area is 92.6 Å². The van der Waals surface area contributed by atoms with Gasteiger partial charge in [-0.2, -0.15) is 0 Å². The second kappa shape index (κ2) is 4.86. The van der Waals surface area contributed by atoms with Crippen molar-refractivity contribution in [3.63, 3.8) is 0 Å². The van der Waals surface area contributed by atoms with E-state index in [1.807, 2.05) is 20.8 Å². The van der Waals surface area contributed by atoms with Crippen molar-refractivity contribution in [1.82, 2.24) is 5.32 Å². The van der Waals surface area contributed by atoms with Gasteiger partial charge in [0.05, 0.1) is 0 Å². The van der Waals surface area contributed by atoms with Gasteiger partial charge in [0.1, 0.15) is 5.60 Å². The fourth-order valence-electron chi connectivity index (χ4n) is 2.07. The summed E-state index contributed by atoms with van der Waals surface area (Å²) < 4.78 is 5.22. The van der Waals surface area contributed by atoms with Crippen molar-refractivity contribution in [2.75, 3.05) is 0 Å². The minimum absolute atomic E-state index is 0.238. The van der Waals surface area contributed by atoms with Gasteiger partial charge in [-0.25, -0.2) is 4.79 Å². The van der Waals surface area contributed by atoms with Gasteiger partial charge in [0, 0.05) is 6.04 Å². The summed E-state index contributed by atoms with van der Waals surface area (Å²) >= 11 is 0. The monoisotopic (exact) mass is 213 g/mol. The molecule has 0 aromatic heterocycles. The number of ether oxygens (including phenoxy) is 1. The van der Waals surface area contributed by atoms with Gasteiger partial charge in [-0.3, -0.25) is 0 Å². The molecule has 1 N–H and O–H groups in total. The molecule has 3 heteroatoms. The van der Waals surface area contributed by atoms with Crippen LogP contribution in [0.5, 0.6) is 0 Å². The summed E-state index contributed by atoms with van der Waals surface area (Å²) in [6, 6.07) is 0.238. The molecule has 0 radical (unpaired) electrons. The van der Waals surface area contributed by atoms with E-state index in [0.717, 1.165) is 0 Å². The lowest BCUT2D eigenvalue weighted by atomic mass is 10.0. The van der Waals surface area contributed by atoms with Crippen LogP contribution in [-0.4, -0.2) is 17.7 Å². The SMILES string of the molecule is C[C@@H](NC(=O)OC(C)(C)C)C1CCCC1. The van der Waals surface area contributed by atoms with Crippen LogP contribution in [0.25, 0.3) is 0 Å². The minimum atomic E-state index is -0.403. The molecule has 1 aliphatic carbocycles. The highest BCUT2D eigenvalue weighted by atomic mass is 16.6. The van der Waals surface area contributed by atoms with Gasteiger partial charge in [-0.05, 0) is 46.5 Å². The number of hydrogen-bond acceptors (Lipinski definition) is 2. The third-order valence-corrected chi connectivity index (χ3v) is 2.85. The standard InChI is InChI=1S/C12H23NO2/c1-9(10-7-5-6-8-10)13-11(14)15-12(2,3)4/h9-10H,5-8H2,1-4H3,(H,13,14)/t9-/m1/s1. The largest absolute Gasteiger partial charge is 0.444 e. The third-order valence-electron chi connectivity index (χ3n) is 2.85. The molecule has 88 valence electrons. The van der Waals surface area contributed by atoms with Crippen LogP contribution >= 0.6 is 0 Å². The molecule has 0 spiro atoms. The lowest BCUT2D eigenvalue weighted by Crippen LogP contribution is -2.40. The van der Waals surface area contributed by atoms with E-state index in [9.17, 15) is 4.79 Å². The topological polar surface area (TPSA) is 38.3 Å². The third kappa shape index (κ3) is 4.54. The number of rotatable bonds is 2. The molecule has 1 aliphatic rings. The van der Waals surface area contributed by atoms with Crippen molar-refractivity contribution < 1.29 is 9.53 Å². The molecule has 0 aromatic rings. The summed E-state index contributed by atoms with van der Waals surface area (Å²) in [4.78, 5) is 11.5. The molecule has 1 fully saturated rings. The second-order valence-corrected chi connectivity index (χ2v) is 5.48. The van der Waals surface area contributed by atoms with Gasteiger partial charge in [-0.15, -0.1) is 0 Å². The molecular formula is C12H23NO2. The van der Waals surface area contributed by atoms with Crippen LogP contribution in [0.1, 0.15) is 53.4 Å². The zero-order valence-corrected chi connectivity index (χ0v) is 10.3. The van der Waals surface area contributed by atoms with Crippen molar-refractivity contribution in [3.8, 4) is 0 Å². The van der Waals surface area contributed by atoms with Crippen molar-refractivity contribution in [1.29, 1.82) is 0 Å². The highest BCUT2D eigenvalue weighted by molar-refractivity contribution is 5.68. The molecule has 1 saturated carbocycles. The Morgan fingerprint density at radius 2 is 1.87 bits per heavy atom. The fourth-order valence-corrected chi connectivity index (χ4v) is 2.07. The van der Waals surface area contributed by atoms with Gasteiger partial charge in [0.25, 0.3) is 0 Å². The van der Waals surface area contributed by atoms with E-state index in [2.05, 4.69) is 12.2 Å². The number of alkyl carbamates (subject to hydrolysis) is 1. The quantitative estimate of drug-likeness (QED) is 0.765. The van der Waals surface area contributed by atoms with E-state index < -0.39 is 5.60 Å². The highest BCUT2D eigenvalue weighted by Crippen LogP contribution is 2.27. The molecule has 0 bridgehead atoms. The normalized spacial score (nSPS) is 20.0. The van der Waals surface area contributed by atoms with E-state index >= 15 is 0 Å². The summed E-state index contributed by atoms with van der Waals surface area (Å²) in [5.41, 5.74) is -0.403. The van der Waals surface area contributed by atoms with Gasteiger partial charge < -0.3 is 10.1 Å². The van der Waals surface area contributed by atoms with Gasteiger partial charge in [0.2, 0.25) is 0 Å². The number of amides is 1. The predicted octanol–water partition coefficient (Wildman–Crippen LogP) is 3.09. The lowest BCUT2D eigenvalue weighted by molar-refractivity contribution is 0.0492. The second-order valence-electron chi connectivity index (χ2n) is 5.48. The average Bonchev–Trinajstić information content (AvgIpc) is 2.50. The molecule has 0 unspecified atom stereocenters. The van der Waals surface area contributed by atoms with E-state index in [1.165, 1.54) is 25.7 Å². The molecule has 0 aliphatic heterocycles. The zero-order chi connectivity index (χ0) is 11.5. The van der Waals surface area contributed by atoms with E-state index in [4.69, 9.17) is 4.74 Å². The van der Waals surface area contributed by atoms with E-state index in [-0.39, 0.29) is 12.1 Å². The summed E-state index contributed by atoms with van der Waals surface area (Å²) in [7, 11) is 0. The van der Waals surface area contributed by atoms with Crippen LogP contribution in [0.15, 0.2) is 0 Å². The smallest absolute Gasteiger partial charge is 0.407 e. The maximum atomic E-state index is 11.5. The first kappa shape index (κ1) is 12.3. The summed E-state index contributed by atoms with van der Waals surface area (Å²) in [5, 5.41) is 2.92. The van der Waals surface area contributed by atoms with Crippen LogP contribution in [0.4, 0.5) is 4.79 Å². The fraction of sp³-hybridized carbons (Fsp3) is 0.917. The minimum Gasteiger partial charge on any atom is -0.444 e. The van der Waals surface area contributed by atoms with Crippen molar-refractivity contribution in [2.24, 2.45) is 5.92 Å². The van der Waals surface area contributed by atoms with Crippen LogP contribution in [0.2, 0.25) is 0 Å². The Balaban J connectivity index is 2.30. The first-order valence-corrected chi connectivity index (χ1v) is 5.88. The Morgan fingerprint density at radius 3 is 2.33 bits per heavy atom. The Morgan fingerprint density at radius 1 is 1.33 bits per heavy atom. The van der Waals surface area contributed by atoms with Gasteiger partial charge in [0.15, 0.2) is 0 Å². The number of carbonyl (C=O) groups is 1. The van der Waals surface area contributed by atoms with Crippen molar-refractivity contribution >= 4 is 6.09 Å². The first-order chi connectivity index (χ1) is 6.88. The number of nitrogens with one attached hydrogen (secondary N) is 1. The van der Waals surface area contributed by atoms with Crippen molar-refractivity contribution in [3.05, 3.63) is 0 Å². The molecule has 15 heavy (non-hydrogen) atoms. The molecule has 1 atom stereocenters. The molecule has 0 heterocycles. The summed E-state index contributed by atoms with van der Waals surface area (Å²) in [6.07, 6.45) is 4.77. The van der Waals surface area contributed by atoms with Crippen LogP contribution in [-0.2, 0) is 4.74 Å². The first-order valence-electron chi connectivity index (χ1n) is 5.88. The lowest BCUT2D eigenvalue weighted by Gasteiger charge is -2.24. The predicted molar refractivity (Wildman–Crippen MR) is 60.8 cm³/mol. The van der Waals surface area contributed by atoms with E-state index in [0.29, 0.717) is 5.92 Å². The number of hydrogen-bond donors (Lipinski definition) is 1. The maximum absolute atomic E-state index is 11.5. The van der Waals surface area contributed by atoms with Gasteiger partial charge in [-0.1, -0.05) is 12.8 Å². The van der Waals surface area contributed by atoms with Crippen LogP contribution < -0.4 is 5.32 Å². The van der Waals surface area contributed by atoms with Gasteiger partial charge >= 0.3 is 6.09 Å². The summed E-state index contributed by atoms with van der Waals surface area (Å²) in [6.45, 7) is 7.71. The maximum Gasteiger partial charge on any atom is 0.407 e.